The van der Waals surface area contributed by atoms with Crippen LogP contribution in [0.4, 0.5) is 0 Å². The van der Waals surface area contributed by atoms with E-state index in [0.29, 0.717) is 17.6 Å². The Balaban J connectivity index is 1.34. The third-order valence-corrected chi connectivity index (χ3v) is 15.4. The van der Waals surface area contributed by atoms with Crippen LogP contribution in [0.5, 0.6) is 5.75 Å². The molecule has 0 aliphatic heterocycles. The first-order chi connectivity index (χ1) is 28.8. The first kappa shape index (κ1) is 43.5. The highest BCUT2D eigenvalue weighted by atomic mass is 28.3. The Morgan fingerprint density at radius 2 is 1.13 bits per heavy atom. The highest BCUT2D eigenvalue weighted by Crippen LogP contribution is 2.45. The second-order valence-electron chi connectivity index (χ2n) is 20.3. The summed E-state index contributed by atoms with van der Waals surface area (Å²) in [6.07, 6.45) is 1.92. The average molecular weight is 821 g/mol. The molecule has 0 unspecified atom stereocenters. The zero-order chi connectivity index (χ0) is 43.9. The summed E-state index contributed by atoms with van der Waals surface area (Å²) >= 11 is 0. The first-order valence-electron chi connectivity index (χ1n) is 22.1. The third kappa shape index (κ3) is 9.51. The zero-order valence-corrected chi connectivity index (χ0v) is 39.5. The number of hydrogen-bond acceptors (Lipinski definition) is 3. The van der Waals surface area contributed by atoms with Gasteiger partial charge in [-0.2, -0.15) is 0 Å². The van der Waals surface area contributed by atoms with E-state index >= 15 is 0 Å². The van der Waals surface area contributed by atoms with Crippen molar-refractivity contribution in [1.29, 1.82) is 0 Å². The van der Waals surface area contributed by atoms with Crippen LogP contribution in [-0.2, 0) is 16.9 Å². The topological polar surface area (TPSA) is 46.0 Å². The molecule has 312 valence electrons. The monoisotopic (exact) mass is 820 g/mol. The minimum atomic E-state index is -1.62. The fraction of sp³-hybridized carbons (Fsp3) is 0.298. The largest absolute Gasteiger partial charge is 0.507 e. The number of hydrogen-bond donors (Lipinski definition) is 1. The van der Waals surface area contributed by atoms with Gasteiger partial charge in [0.05, 0.1) is 25.2 Å². The highest BCUT2D eigenvalue weighted by Gasteiger charge is 2.28. The Hall–Kier alpha value is -5.58. The minimum absolute atomic E-state index is 0.128. The van der Waals surface area contributed by atoms with Crippen molar-refractivity contribution in [2.24, 2.45) is 0 Å². The Kier molecular flexibility index (Phi) is 12.2. The first-order valence-corrected chi connectivity index (χ1v) is 25.3. The van der Waals surface area contributed by atoms with Crippen molar-refractivity contribution in [2.75, 3.05) is 0 Å². The van der Waals surface area contributed by atoms with E-state index < -0.39 is 8.07 Å². The van der Waals surface area contributed by atoms with Gasteiger partial charge in [0.15, 0.2) is 0 Å². The van der Waals surface area contributed by atoms with Gasteiger partial charge >= 0.3 is 0 Å². The van der Waals surface area contributed by atoms with Crippen molar-refractivity contribution < 1.29 is 5.11 Å². The quantitative estimate of drug-likeness (QED) is 0.140. The number of benzene rings is 5. The number of phenols is 1. The van der Waals surface area contributed by atoms with E-state index in [4.69, 9.17) is 9.97 Å². The van der Waals surface area contributed by atoms with Crippen molar-refractivity contribution in [3.05, 3.63) is 167 Å². The predicted molar refractivity (Wildman–Crippen MR) is 264 cm³/mol. The lowest BCUT2D eigenvalue weighted by Crippen LogP contribution is -2.43. The van der Waals surface area contributed by atoms with E-state index in [2.05, 4.69) is 216 Å². The maximum Gasteiger partial charge on any atom is 0.128 e. The van der Waals surface area contributed by atoms with Gasteiger partial charge in [-0.05, 0) is 104 Å². The molecule has 4 heteroatoms. The standard InChI is InChI=1S/C57H64N2OSi/c1-37(2)47-22-17-23-48(38(3)4)54(47)44-32-52(59-53(33-44)49-34-45(56(5,6)7)35-50(55(49)60)57(8,9)10)43-19-16-18-42(30-43)51-31-41(28-29-58-51)40-26-24-39(25-27-40)36-61(11,12)46-20-14-13-15-21-46/h13-35,37-38,60H,36H2,1-12H3. The number of phenolic OH excluding ortho intramolecular Hbond substituents is 1. The molecule has 5 aromatic carbocycles. The maximum absolute atomic E-state index is 12.2. The van der Waals surface area contributed by atoms with Crippen LogP contribution in [0.3, 0.4) is 0 Å². The number of aromatic nitrogens is 2. The minimum Gasteiger partial charge on any atom is -0.507 e. The van der Waals surface area contributed by atoms with Crippen molar-refractivity contribution in [1.82, 2.24) is 9.97 Å². The van der Waals surface area contributed by atoms with Crippen LogP contribution >= 0.6 is 0 Å². The van der Waals surface area contributed by atoms with Gasteiger partial charge in [0.1, 0.15) is 5.75 Å². The molecule has 2 aromatic heterocycles. The molecule has 0 radical (unpaired) electrons. The van der Waals surface area contributed by atoms with Gasteiger partial charge in [-0.1, -0.05) is 190 Å². The third-order valence-electron chi connectivity index (χ3n) is 12.2. The molecule has 2 heterocycles. The molecule has 0 atom stereocenters. The smallest absolute Gasteiger partial charge is 0.128 e. The van der Waals surface area contributed by atoms with E-state index in [1.165, 1.54) is 38.6 Å². The number of aromatic hydroxyl groups is 1. The lowest BCUT2D eigenvalue weighted by atomic mass is 9.78. The van der Waals surface area contributed by atoms with Crippen LogP contribution in [0.2, 0.25) is 13.1 Å². The van der Waals surface area contributed by atoms with Crippen LogP contribution in [0.25, 0.3) is 56.0 Å². The van der Waals surface area contributed by atoms with Crippen LogP contribution < -0.4 is 5.19 Å². The molecule has 0 saturated carbocycles. The van der Waals surface area contributed by atoms with Gasteiger partial charge in [-0.25, -0.2) is 4.98 Å². The molecule has 7 rings (SSSR count). The molecule has 0 amide bonds. The average Bonchev–Trinajstić information content (AvgIpc) is 3.23. The maximum atomic E-state index is 12.2. The van der Waals surface area contributed by atoms with Crippen LogP contribution in [0.1, 0.15) is 109 Å². The summed E-state index contributed by atoms with van der Waals surface area (Å²) in [4.78, 5) is 10.3. The second kappa shape index (κ2) is 17.1. The van der Waals surface area contributed by atoms with Crippen LogP contribution in [0, 0.1) is 0 Å². The molecule has 61 heavy (non-hydrogen) atoms. The molecule has 0 saturated heterocycles. The molecule has 0 spiro atoms. The van der Waals surface area contributed by atoms with Gasteiger partial charge < -0.3 is 5.11 Å². The molecule has 3 nitrogen and oxygen atoms in total. The molecular formula is C57H64N2OSi. The van der Waals surface area contributed by atoms with Crippen molar-refractivity contribution >= 4 is 13.3 Å². The van der Waals surface area contributed by atoms with Gasteiger partial charge in [-0.3, -0.25) is 4.98 Å². The van der Waals surface area contributed by atoms with E-state index in [1.807, 2.05) is 6.20 Å². The number of nitrogens with zero attached hydrogens (tertiary/aromatic N) is 2. The SMILES string of the molecule is CC(C)c1cccc(C(C)C)c1-c1cc(-c2cccc(-c3cc(-c4ccc(C[Si](C)(C)c5ccccc5)cc4)ccn3)c2)nc(-c2cc(C(C)(C)C)cc(C(C)(C)C)c2O)c1. The lowest BCUT2D eigenvalue weighted by molar-refractivity contribution is 0.446. The number of pyridine rings is 2. The molecule has 0 bridgehead atoms. The molecule has 0 aliphatic rings. The van der Waals surface area contributed by atoms with E-state index in [0.717, 1.165) is 56.5 Å². The van der Waals surface area contributed by atoms with Crippen molar-refractivity contribution in [3.8, 4) is 61.8 Å². The summed E-state index contributed by atoms with van der Waals surface area (Å²) in [5.41, 5.74) is 15.7. The van der Waals surface area contributed by atoms with E-state index in [-0.39, 0.29) is 10.8 Å². The zero-order valence-electron chi connectivity index (χ0n) is 38.5. The summed E-state index contributed by atoms with van der Waals surface area (Å²) in [5, 5.41) is 13.6. The van der Waals surface area contributed by atoms with Crippen LogP contribution in [0.15, 0.2) is 140 Å². The van der Waals surface area contributed by atoms with Crippen molar-refractivity contribution in [2.45, 2.75) is 111 Å². The summed E-state index contributed by atoms with van der Waals surface area (Å²) in [7, 11) is -1.62. The summed E-state index contributed by atoms with van der Waals surface area (Å²) in [5.74, 6) is 0.932. The van der Waals surface area contributed by atoms with Gasteiger partial charge in [-0.15, -0.1) is 0 Å². The molecule has 0 aliphatic carbocycles. The van der Waals surface area contributed by atoms with Gasteiger partial charge in [0.25, 0.3) is 0 Å². The second-order valence-corrected chi connectivity index (χ2v) is 25.0. The normalized spacial score (nSPS) is 12.4. The Bertz CT molecular complexity index is 2630. The van der Waals surface area contributed by atoms with Gasteiger partial charge in [0.2, 0.25) is 0 Å². The Morgan fingerprint density at radius 1 is 0.541 bits per heavy atom. The Morgan fingerprint density at radius 3 is 1.74 bits per heavy atom. The fourth-order valence-electron chi connectivity index (χ4n) is 8.60. The molecular weight excluding hydrogens is 757 g/mol. The highest BCUT2D eigenvalue weighted by molar-refractivity contribution is 6.89. The van der Waals surface area contributed by atoms with E-state index in [9.17, 15) is 5.11 Å². The van der Waals surface area contributed by atoms with Crippen molar-refractivity contribution in [3.63, 3.8) is 0 Å². The number of rotatable bonds is 10. The lowest BCUT2D eigenvalue weighted by Gasteiger charge is -2.28. The summed E-state index contributed by atoms with van der Waals surface area (Å²) in [6, 6.07) is 49.6. The molecule has 0 fully saturated rings. The Labute approximate surface area is 367 Å². The predicted octanol–water partition coefficient (Wildman–Crippen LogP) is 15.1. The summed E-state index contributed by atoms with van der Waals surface area (Å²) in [6.45, 7) is 27.2. The molecule has 1 N–H and O–H groups in total. The van der Waals surface area contributed by atoms with Crippen LogP contribution in [-0.4, -0.2) is 23.1 Å². The summed E-state index contributed by atoms with van der Waals surface area (Å²) < 4.78 is 0. The van der Waals surface area contributed by atoms with E-state index in [1.54, 1.807) is 0 Å². The molecule has 7 aromatic rings. The van der Waals surface area contributed by atoms with Gasteiger partial charge in [0, 0.05) is 28.5 Å². The fourth-order valence-corrected chi connectivity index (χ4v) is 11.2.